The van der Waals surface area contributed by atoms with Crippen molar-refractivity contribution in [3.8, 4) is 0 Å². The number of likely N-dealkylation sites (tertiary alicyclic amines) is 1. The molecule has 1 aromatic carbocycles. The number of benzene rings is 1. The normalized spacial score (nSPS) is 23.6. The molecule has 4 nitrogen and oxygen atoms in total. The average Bonchev–Trinajstić information content (AvgIpc) is 3.18. The van der Waals surface area contributed by atoms with Crippen molar-refractivity contribution in [3.63, 3.8) is 0 Å². The van der Waals surface area contributed by atoms with E-state index in [1.54, 1.807) is 0 Å². The van der Waals surface area contributed by atoms with Crippen molar-refractivity contribution in [2.45, 2.75) is 19.3 Å². The second-order valence-electron chi connectivity index (χ2n) is 6.43. The highest BCUT2D eigenvalue weighted by atomic mass is 127. The number of hydrogen-bond donors (Lipinski definition) is 1. The summed E-state index contributed by atoms with van der Waals surface area (Å²) in [6.07, 6.45) is 3.28. The van der Waals surface area contributed by atoms with Gasteiger partial charge in [-0.25, -0.2) is 0 Å². The van der Waals surface area contributed by atoms with E-state index in [0.717, 1.165) is 54.7 Å². The number of hydrogen-bond acceptors (Lipinski definition) is 2. The Morgan fingerprint density at radius 2 is 2.29 bits per heavy atom. The fraction of sp³-hybridized carbons (Fsp3) is 0.588. The molecule has 0 saturated carbocycles. The van der Waals surface area contributed by atoms with E-state index < -0.39 is 0 Å². The SMILES string of the molecule is CN=C(NCCc1cc(Cl)ccc1Br)N1CCC2(CCOC2)C1.I. The molecule has 0 aliphatic carbocycles. The van der Waals surface area contributed by atoms with E-state index in [-0.39, 0.29) is 24.0 Å². The largest absolute Gasteiger partial charge is 0.381 e. The molecule has 0 amide bonds. The first-order chi connectivity index (χ1) is 11.1. The maximum absolute atomic E-state index is 6.07. The first kappa shape index (κ1) is 20.3. The first-order valence-corrected chi connectivity index (χ1v) is 9.26. The van der Waals surface area contributed by atoms with Gasteiger partial charge in [-0.2, -0.15) is 0 Å². The zero-order valence-electron chi connectivity index (χ0n) is 13.9. The maximum atomic E-state index is 6.07. The Morgan fingerprint density at radius 1 is 1.46 bits per heavy atom. The highest BCUT2D eigenvalue weighted by Crippen LogP contribution is 2.38. The summed E-state index contributed by atoms with van der Waals surface area (Å²) >= 11 is 9.65. The van der Waals surface area contributed by atoms with Crippen molar-refractivity contribution in [2.24, 2.45) is 10.4 Å². The van der Waals surface area contributed by atoms with Crippen LogP contribution < -0.4 is 5.32 Å². The Balaban J connectivity index is 0.00000208. The van der Waals surface area contributed by atoms with E-state index in [0.29, 0.717) is 5.41 Å². The highest BCUT2D eigenvalue weighted by molar-refractivity contribution is 14.0. The molecule has 1 unspecified atom stereocenters. The minimum Gasteiger partial charge on any atom is -0.381 e. The van der Waals surface area contributed by atoms with Gasteiger partial charge in [0.1, 0.15) is 0 Å². The zero-order valence-corrected chi connectivity index (χ0v) is 18.5. The molecular formula is C17H24BrClIN3O. The van der Waals surface area contributed by atoms with Gasteiger partial charge in [-0.15, -0.1) is 24.0 Å². The Bertz CT molecular complexity index is 593. The van der Waals surface area contributed by atoms with Gasteiger partial charge >= 0.3 is 0 Å². The van der Waals surface area contributed by atoms with Crippen LogP contribution in [0.5, 0.6) is 0 Å². The molecule has 1 N–H and O–H groups in total. The molecule has 0 bridgehead atoms. The molecule has 1 atom stereocenters. The Morgan fingerprint density at radius 3 is 3.00 bits per heavy atom. The van der Waals surface area contributed by atoms with Crippen LogP contribution in [0.15, 0.2) is 27.7 Å². The smallest absolute Gasteiger partial charge is 0.193 e. The van der Waals surface area contributed by atoms with E-state index in [4.69, 9.17) is 16.3 Å². The van der Waals surface area contributed by atoms with Crippen LogP contribution in [0.3, 0.4) is 0 Å². The summed E-state index contributed by atoms with van der Waals surface area (Å²) in [5, 5.41) is 4.26. The maximum Gasteiger partial charge on any atom is 0.193 e. The monoisotopic (exact) mass is 527 g/mol. The lowest BCUT2D eigenvalue weighted by Gasteiger charge is -2.25. The van der Waals surface area contributed by atoms with Crippen molar-refractivity contribution in [2.75, 3.05) is 39.9 Å². The highest BCUT2D eigenvalue weighted by Gasteiger charge is 2.42. The van der Waals surface area contributed by atoms with Crippen molar-refractivity contribution >= 4 is 57.5 Å². The van der Waals surface area contributed by atoms with E-state index in [9.17, 15) is 0 Å². The van der Waals surface area contributed by atoms with Crippen LogP contribution in [0.25, 0.3) is 0 Å². The molecule has 2 heterocycles. The third-order valence-corrected chi connectivity index (χ3v) is 5.83. The van der Waals surface area contributed by atoms with E-state index in [1.165, 1.54) is 18.4 Å². The van der Waals surface area contributed by atoms with E-state index >= 15 is 0 Å². The molecule has 1 spiro atoms. The number of nitrogens with one attached hydrogen (secondary N) is 1. The first-order valence-electron chi connectivity index (χ1n) is 8.09. The second-order valence-corrected chi connectivity index (χ2v) is 7.72. The van der Waals surface area contributed by atoms with Crippen LogP contribution in [0.1, 0.15) is 18.4 Å². The van der Waals surface area contributed by atoms with Gasteiger partial charge in [-0.05, 0) is 43.0 Å². The number of aliphatic imine (C=N–C) groups is 1. The summed E-state index contributed by atoms with van der Waals surface area (Å²) in [5.74, 6) is 0.993. The molecule has 134 valence electrons. The minimum absolute atomic E-state index is 0. The standard InChI is InChI=1S/C17H23BrClN3O.HI/c1-20-16(22-8-5-17(11-22)6-9-23-12-17)21-7-4-13-10-14(19)2-3-15(13)18;/h2-3,10H,4-9,11-12H2,1H3,(H,20,21);1H. The molecule has 2 aliphatic heterocycles. The van der Waals surface area contributed by atoms with Gasteiger partial charge in [0.05, 0.1) is 6.61 Å². The second kappa shape index (κ2) is 9.05. The van der Waals surface area contributed by atoms with Crippen LogP contribution in [-0.2, 0) is 11.2 Å². The topological polar surface area (TPSA) is 36.9 Å². The van der Waals surface area contributed by atoms with Gasteiger partial charge < -0.3 is 15.0 Å². The fourth-order valence-electron chi connectivity index (χ4n) is 3.46. The van der Waals surface area contributed by atoms with Crippen molar-refractivity contribution in [3.05, 3.63) is 33.3 Å². The van der Waals surface area contributed by atoms with Gasteiger partial charge in [0.2, 0.25) is 0 Å². The lowest BCUT2D eigenvalue weighted by Crippen LogP contribution is -2.42. The molecule has 3 rings (SSSR count). The molecule has 0 aromatic heterocycles. The summed E-state index contributed by atoms with van der Waals surface area (Å²) in [4.78, 5) is 6.81. The van der Waals surface area contributed by atoms with Gasteiger partial charge in [-0.3, -0.25) is 4.99 Å². The molecule has 0 radical (unpaired) electrons. The van der Waals surface area contributed by atoms with Gasteiger partial charge in [0, 0.05) is 48.2 Å². The lowest BCUT2D eigenvalue weighted by atomic mass is 9.87. The number of halogens is 3. The summed E-state index contributed by atoms with van der Waals surface area (Å²) in [6, 6.07) is 5.91. The number of nitrogens with zero attached hydrogens (tertiary/aromatic N) is 2. The van der Waals surface area contributed by atoms with Crippen LogP contribution in [0.2, 0.25) is 5.02 Å². The third-order valence-electron chi connectivity index (χ3n) is 4.82. The zero-order chi connectivity index (χ0) is 16.3. The number of guanidine groups is 1. The number of ether oxygens (including phenoxy) is 1. The van der Waals surface area contributed by atoms with E-state index in [1.807, 2.05) is 25.2 Å². The predicted octanol–water partition coefficient (Wildman–Crippen LogP) is 3.95. The van der Waals surface area contributed by atoms with Crippen LogP contribution in [0.4, 0.5) is 0 Å². The van der Waals surface area contributed by atoms with Crippen molar-refractivity contribution in [1.29, 1.82) is 0 Å². The molecule has 2 aliphatic rings. The molecule has 7 heteroatoms. The summed E-state index contributed by atoms with van der Waals surface area (Å²) in [7, 11) is 1.85. The third kappa shape index (κ3) is 4.77. The lowest BCUT2D eigenvalue weighted by molar-refractivity contribution is 0.156. The number of rotatable bonds is 3. The van der Waals surface area contributed by atoms with Gasteiger partial charge in [-0.1, -0.05) is 27.5 Å². The molecule has 2 fully saturated rings. The molecular weight excluding hydrogens is 504 g/mol. The average molecular weight is 529 g/mol. The Hall–Kier alpha value is -0.0500. The quantitative estimate of drug-likeness (QED) is 0.367. The van der Waals surface area contributed by atoms with Crippen LogP contribution in [0, 0.1) is 5.41 Å². The summed E-state index contributed by atoms with van der Waals surface area (Å²) < 4.78 is 6.70. The van der Waals surface area contributed by atoms with Crippen molar-refractivity contribution < 1.29 is 4.74 Å². The van der Waals surface area contributed by atoms with Crippen LogP contribution >= 0.6 is 51.5 Å². The molecule has 24 heavy (non-hydrogen) atoms. The molecule has 2 saturated heterocycles. The Labute approximate surface area is 174 Å². The fourth-order valence-corrected chi connectivity index (χ4v) is 4.10. The Kier molecular flexibility index (Phi) is 7.64. The minimum atomic E-state index is 0. The predicted molar refractivity (Wildman–Crippen MR) is 114 cm³/mol. The van der Waals surface area contributed by atoms with Gasteiger partial charge in [0.25, 0.3) is 0 Å². The molecule has 1 aromatic rings. The summed E-state index contributed by atoms with van der Waals surface area (Å²) in [5.41, 5.74) is 1.57. The van der Waals surface area contributed by atoms with Gasteiger partial charge in [0.15, 0.2) is 5.96 Å². The van der Waals surface area contributed by atoms with E-state index in [2.05, 4.69) is 31.1 Å². The summed E-state index contributed by atoms with van der Waals surface area (Å²) in [6.45, 7) is 4.75. The van der Waals surface area contributed by atoms with Crippen molar-refractivity contribution in [1.82, 2.24) is 10.2 Å². The van der Waals surface area contributed by atoms with Crippen LogP contribution in [-0.4, -0.2) is 50.8 Å².